The fraction of sp³-hybridized carbons (Fsp3) is 0.261. The van der Waals surface area contributed by atoms with Gasteiger partial charge in [-0.15, -0.1) is 0 Å². The van der Waals surface area contributed by atoms with Crippen LogP contribution in [0.1, 0.15) is 16.2 Å². The second-order valence-electron chi connectivity index (χ2n) is 7.25. The van der Waals surface area contributed by atoms with E-state index < -0.39 is 0 Å². The Labute approximate surface area is 188 Å². The largest absolute Gasteiger partial charge is 0.493 e. The van der Waals surface area contributed by atoms with Gasteiger partial charge < -0.3 is 24.3 Å². The summed E-state index contributed by atoms with van der Waals surface area (Å²) in [5, 5.41) is 4.49. The van der Waals surface area contributed by atoms with Crippen molar-refractivity contribution in [1.82, 2.24) is 19.9 Å². The van der Waals surface area contributed by atoms with Crippen LogP contribution in [0.3, 0.4) is 0 Å². The molecule has 2 aromatic heterocycles. The summed E-state index contributed by atoms with van der Waals surface area (Å²) in [5.41, 5.74) is 1.98. The van der Waals surface area contributed by atoms with Crippen molar-refractivity contribution in [2.45, 2.75) is 5.75 Å². The maximum atomic E-state index is 12.4. The van der Waals surface area contributed by atoms with E-state index in [2.05, 4.69) is 15.3 Å². The van der Waals surface area contributed by atoms with Crippen LogP contribution in [0.25, 0.3) is 21.8 Å². The van der Waals surface area contributed by atoms with Gasteiger partial charge in [0.2, 0.25) is 0 Å². The topological polar surface area (TPSA) is 98.2 Å². The van der Waals surface area contributed by atoms with Crippen molar-refractivity contribution in [1.29, 1.82) is 0 Å². The molecule has 32 heavy (non-hydrogen) atoms. The predicted molar refractivity (Wildman–Crippen MR) is 127 cm³/mol. The van der Waals surface area contributed by atoms with Crippen molar-refractivity contribution in [3.63, 3.8) is 0 Å². The molecule has 0 spiro atoms. The molecule has 2 aromatic carbocycles. The molecule has 1 amide bonds. The number of aromatic amines is 1. The SMILES string of the molecule is COc1cc2nc(CSCCNC(=O)c3ccc4ccn(C)c4c3)[nH]c(=O)c2cc1OC. The Bertz CT molecular complexity index is 1350. The second-order valence-corrected chi connectivity index (χ2v) is 8.35. The van der Waals surface area contributed by atoms with Gasteiger partial charge >= 0.3 is 0 Å². The highest BCUT2D eigenvalue weighted by molar-refractivity contribution is 7.98. The van der Waals surface area contributed by atoms with Crippen molar-refractivity contribution in [3.05, 3.63) is 64.3 Å². The first kappa shape index (κ1) is 21.8. The Morgan fingerprint density at radius 1 is 1.16 bits per heavy atom. The first-order valence-electron chi connectivity index (χ1n) is 10.1. The number of aromatic nitrogens is 3. The third-order valence-corrected chi connectivity index (χ3v) is 6.15. The van der Waals surface area contributed by atoms with Gasteiger partial charge in [-0.1, -0.05) is 6.07 Å². The number of hydrogen-bond acceptors (Lipinski definition) is 6. The van der Waals surface area contributed by atoms with Crippen LogP contribution in [0, 0.1) is 0 Å². The Morgan fingerprint density at radius 3 is 2.72 bits per heavy atom. The molecule has 8 nitrogen and oxygen atoms in total. The van der Waals surface area contributed by atoms with E-state index in [-0.39, 0.29) is 11.5 Å². The summed E-state index contributed by atoms with van der Waals surface area (Å²) in [5.74, 6) is 2.67. The van der Waals surface area contributed by atoms with Gasteiger partial charge in [-0.2, -0.15) is 11.8 Å². The molecular weight excluding hydrogens is 428 g/mol. The van der Waals surface area contributed by atoms with Gasteiger partial charge in [-0.05, 0) is 29.7 Å². The predicted octanol–water partition coefficient (Wildman–Crippen LogP) is 3.10. The normalized spacial score (nSPS) is 11.1. The molecular formula is C23H24N4O4S. The van der Waals surface area contributed by atoms with E-state index in [1.165, 1.54) is 7.11 Å². The highest BCUT2D eigenvalue weighted by atomic mass is 32.2. The van der Waals surface area contributed by atoms with Gasteiger partial charge in [0.05, 0.1) is 30.9 Å². The molecule has 0 atom stereocenters. The molecule has 2 N–H and O–H groups in total. The quantitative estimate of drug-likeness (QED) is 0.399. The Kier molecular flexibility index (Phi) is 6.36. The van der Waals surface area contributed by atoms with Crippen molar-refractivity contribution in [2.75, 3.05) is 26.5 Å². The number of rotatable bonds is 8. The lowest BCUT2D eigenvalue weighted by molar-refractivity contribution is 0.0956. The summed E-state index contributed by atoms with van der Waals surface area (Å²) >= 11 is 1.58. The molecule has 4 rings (SSSR count). The number of benzene rings is 2. The number of methoxy groups -OCH3 is 2. The van der Waals surface area contributed by atoms with Crippen LogP contribution in [-0.4, -0.2) is 47.0 Å². The van der Waals surface area contributed by atoms with Crippen LogP contribution in [-0.2, 0) is 12.8 Å². The van der Waals surface area contributed by atoms with E-state index in [9.17, 15) is 9.59 Å². The van der Waals surface area contributed by atoms with Crippen LogP contribution in [0.4, 0.5) is 0 Å². The summed E-state index contributed by atoms with van der Waals surface area (Å²) in [6, 6.07) is 11.0. The number of amides is 1. The minimum absolute atomic E-state index is 0.105. The number of carbonyl (C=O) groups is 1. The number of thioether (sulfide) groups is 1. The monoisotopic (exact) mass is 452 g/mol. The average Bonchev–Trinajstić information content (AvgIpc) is 3.18. The molecule has 166 valence electrons. The van der Waals surface area contributed by atoms with Gasteiger partial charge in [0.25, 0.3) is 11.5 Å². The number of ether oxygens (including phenoxy) is 2. The minimum Gasteiger partial charge on any atom is -0.493 e. The molecule has 9 heteroatoms. The molecule has 0 saturated heterocycles. The van der Waals surface area contributed by atoms with Crippen LogP contribution >= 0.6 is 11.8 Å². The van der Waals surface area contributed by atoms with E-state index in [1.807, 2.05) is 42.1 Å². The van der Waals surface area contributed by atoms with Crippen molar-refractivity contribution < 1.29 is 14.3 Å². The van der Waals surface area contributed by atoms with Crippen LogP contribution < -0.4 is 20.3 Å². The zero-order chi connectivity index (χ0) is 22.7. The third-order valence-electron chi connectivity index (χ3n) is 5.18. The summed E-state index contributed by atoms with van der Waals surface area (Å²) in [4.78, 5) is 32.2. The lowest BCUT2D eigenvalue weighted by Gasteiger charge is -2.09. The fourth-order valence-electron chi connectivity index (χ4n) is 3.49. The molecule has 0 bridgehead atoms. The lowest BCUT2D eigenvalue weighted by Crippen LogP contribution is -2.25. The summed E-state index contributed by atoms with van der Waals surface area (Å²) in [7, 11) is 5.02. The average molecular weight is 453 g/mol. The smallest absolute Gasteiger partial charge is 0.258 e. The van der Waals surface area contributed by atoms with Crippen LogP contribution in [0.2, 0.25) is 0 Å². The maximum absolute atomic E-state index is 12.4. The van der Waals surface area contributed by atoms with Gasteiger partial charge in [0.1, 0.15) is 5.82 Å². The fourth-order valence-corrected chi connectivity index (χ4v) is 4.21. The molecule has 4 aromatic rings. The molecule has 0 aliphatic carbocycles. The van der Waals surface area contributed by atoms with Gasteiger partial charge in [-0.25, -0.2) is 4.98 Å². The highest BCUT2D eigenvalue weighted by Gasteiger charge is 2.11. The van der Waals surface area contributed by atoms with Gasteiger partial charge in [0.15, 0.2) is 11.5 Å². The third kappa shape index (κ3) is 4.43. The number of nitrogens with zero attached hydrogens (tertiary/aromatic N) is 2. The zero-order valence-corrected chi connectivity index (χ0v) is 18.9. The van der Waals surface area contributed by atoms with E-state index in [4.69, 9.17) is 9.47 Å². The van der Waals surface area contributed by atoms with Crippen molar-refractivity contribution >= 4 is 39.5 Å². The Morgan fingerprint density at radius 2 is 1.94 bits per heavy atom. The van der Waals surface area contributed by atoms with Crippen LogP contribution in [0.15, 0.2) is 47.4 Å². The molecule has 0 saturated carbocycles. The van der Waals surface area contributed by atoms with Crippen molar-refractivity contribution in [3.8, 4) is 11.5 Å². The minimum atomic E-state index is -0.226. The summed E-state index contributed by atoms with van der Waals surface area (Å²) < 4.78 is 12.5. The first-order chi connectivity index (χ1) is 15.5. The molecule has 0 unspecified atom stereocenters. The number of nitrogens with one attached hydrogen (secondary N) is 2. The molecule has 0 fully saturated rings. The van der Waals surface area contributed by atoms with E-state index in [0.29, 0.717) is 51.8 Å². The van der Waals surface area contributed by atoms with Crippen molar-refractivity contribution in [2.24, 2.45) is 7.05 Å². The Hall–Kier alpha value is -3.46. The number of hydrogen-bond donors (Lipinski definition) is 2. The highest BCUT2D eigenvalue weighted by Crippen LogP contribution is 2.30. The first-order valence-corrected chi connectivity index (χ1v) is 11.2. The summed E-state index contributed by atoms with van der Waals surface area (Å²) in [6.07, 6.45) is 1.97. The molecule has 2 heterocycles. The standard InChI is InChI=1S/C23H24N4O4S/c1-27-8-6-14-4-5-15(10-18(14)27)22(28)24-7-9-32-13-21-25-17-12-20(31-3)19(30-2)11-16(17)23(29)26-21/h4-6,8,10-12H,7,9,13H2,1-3H3,(H,24,28)(H,25,26,29). The molecule has 0 radical (unpaired) electrons. The maximum Gasteiger partial charge on any atom is 0.258 e. The van der Waals surface area contributed by atoms with Crippen LogP contribution in [0.5, 0.6) is 11.5 Å². The number of carbonyl (C=O) groups excluding carboxylic acids is 1. The zero-order valence-electron chi connectivity index (χ0n) is 18.1. The Balaban J connectivity index is 1.34. The van der Waals surface area contributed by atoms with Gasteiger partial charge in [0, 0.05) is 42.7 Å². The van der Waals surface area contributed by atoms with E-state index in [1.54, 1.807) is 31.0 Å². The number of H-pyrrole nitrogens is 1. The van der Waals surface area contributed by atoms with E-state index >= 15 is 0 Å². The molecule has 0 aliphatic heterocycles. The van der Waals surface area contributed by atoms with Gasteiger partial charge in [-0.3, -0.25) is 9.59 Å². The van der Waals surface area contributed by atoms with E-state index in [0.717, 1.165) is 10.9 Å². The number of fused-ring (bicyclic) bond motifs is 2. The number of aryl methyl sites for hydroxylation is 1. The molecule has 0 aliphatic rings. The summed E-state index contributed by atoms with van der Waals surface area (Å²) in [6.45, 7) is 0.511. The second kappa shape index (κ2) is 9.35. The lowest BCUT2D eigenvalue weighted by atomic mass is 10.1.